The minimum atomic E-state index is -0.468. The average Bonchev–Trinajstić information content (AvgIpc) is 2.25. The van der Waals surface area contributed by atoms with Crippen molar-refractivity contribution in [2.75, 3.05) is 0 Å². The number of carbonyl (C=O) groups is 2. The smallest absolute Gasteiger partial charge is 0.333 e. The van der Waals surface area contributed by atoms with Crippen LogP contribution in [0.4, 0.5) is 0 Å². The summed E-state index contributed by atoms with van der Waals surface area (Å²) in [5, 5.41) is -0.239. The molecule has 0 spiro atoms. The molecule has 4 fully saturated rings. The number of carbonyl (C=O) groups excluding carboxylic acids is 2. The van der Waals surface area contributed by atoms with Crippen LogP contribution in [0.15, 0.2) is 12.2 Å². The van der Waals surface area contributed by atoms with Gasteiger partial charge in [-0.2, -0.15) is 0 Å². The van der Waals surface area contributed by atoms with E-state index in [2.05, 4.69) is 6.58 Å². The van der Waals surface area contributed by atoms with Gasteiger partial charge in [0.15, 0.2) is 0 Å². The van der Waals surface area contributed by atoms with Crippen molar-refractivity contribution in [1.29, 1.82) is 0 Å². The molecule has 0 heterocycles. The van der Waals surface area contributed by atoms with Gasteiger partial charge in [-0.3, -0.25) is 4.79 Å². The molecule has 0 saturated heterocycles. The molecule has 2 unspecified atom stereocenters. The van der Waals surface area contributed by atoms with Crippen LogP contribution < -0.4 is 0 Å². The van der Waals surface area contributed by atoms with Gasteiger partial charge in [0.2, 0.25) is 5.24 Å². The third kappa shape index (κ3) is 2.03. The van der Waals surface area contributed by atoms with Crippen molar-refractivity contribution in [2.45, 2.75) is 51.0 Å². The van der Waals surface area contributed by atoms with Gasteiger partial charge >= 0.3 is 5.97 Å². The van der Waals surface area contributed by atoms with Crippen LogP contribution in [-0.2, 0) is 14.3 Å². The molecule has 0 aliphatic heterocycles. The predicted molar refractivity (Wildman–Crippen MR) is 71.6 cm³/mol. The zero-order valence-corrected chi connectivity index (χ0v) is 12.0. The molecule has 0 aromatic heterocycles. The zero-order valence-electron chi connectivity index (χ0n) is 11.2. The Labute approximate surface area is 118 Å². The van der Waals surface area contributed by atoms with E-state index in [1.807, 2.05) is 0 Å². The van der Waals surface area contributed by atoms with E-state index in [4.69, 9.17) is 16.3 Å². The maximum absolute atomic E-state index is 11.9. The molecule has 4 aliphatic carbocycles. The van der Waals surface area contributed by atoms with E-state index in [0.29, 0.717) is 23.8 Å². The van der Waals surface area contributed by atoms with Crippen molar-refractivity contribution in [1.82, 2.24) is 0 Å². The molecule has 0 amide bonds. The fourth-order valence-electron chi connectivity index (χ4n) is 4.81. The minimum absolute atomic E-state index is 0.239. The number of hydrogen-bond donors (Lipinski definition) is 0. The Kier molecular flexibility index (Phi) is 2.83. The van der Waals surface area contributed by atoms with Gasteiger partial charge in [0.25, 0.3) is 0 Å². The van der Waals surface area contributed by atoms with E-state index in [1.165, 1.54) is 0 Å². The number of hydrogen-bond acceptors (Lipinski definition) is 3. The zero-order chi connectivity index (χ0) is 13.8. The monoisotopic (exact) mass is 282 g/mol. The molecule has 104 valence electrons. The first-order valence-electron chi connectivity index (χ1n) is 6.93. The Morgan fingerprint density at radius 2 is 1.79 bits per heavy atom. The van der Waals surface area contributed by atoms with Crippen molar-refractivity contribution in [3.8, 4) is 0 Å². The highest BCUT2D eigenvalue weighted by atomic mass is 35.5. The van der Waals surface area contributed by atoms with E-state index in [9.17, 15) is 9.59 Å². The average molecular weight is 283 g/mol. The van der Waals surface area contributed by atoms with Crippen molar-refractivity contribution in [2.24, 2.45) is 17.3 Å². The topological polar surface area (TPSA) is 43.4 Å². The molecule has 4 bridgehead atoms. The Morgan fingerprint density at radius 3 is 2.26 bits per heavy atom. The second kappa shape index (κ2) is 4.08. The van der Waals surface area contributed by atoms with Crippen LogP contribution in [0.1, 0.15) is 45.4 Å². The predicted octanol–water partition coefficient (Wildman–Crippen LogP) is 3.21. The summed E-state index contributed by atoms with van der Waals surface area (Å²) in [6.07, 6.45) is 5.27. The summed E-state index contributed by atoms with van der Waals surface area (Å²) in [5.74, 6) is 0.614. The van der Waals surface area contributed by atoms with Crippen LogP contribution in [0.3, 0.4) is 0 Å². The lowest BCUT2D eigenvalue weighted by Gasteiger charge is -2.59. The van der Waals surface area contributed by atoms with Gasteiger partial charge in [-0.1, -0.05) is 6.58 Å². The van der Waals surface area contributed by atoms with Crippen LogP contribution in [-0.4, -0.2) is 16.8 Å². The molecule has 0 N–H and O–H groups in total. The summed E-state index contributed by atoms with van der Waals surface area (Å²) in [6, 6.07) is 0. The molecule has 19 heavy (non-hydrogen) atoms. The first kappa shape index (κ1) is 13.2. The summed E-state index contributed by atoms with van der Waals surface area (Å²) in [6.45, 7) is 5.30. The first-order chi connectivity index (χ1) is 8.84. The van der Waals surface area contributed by atoms with Gasteiger partial charge in [0.05, 0.1) is 0 Å². The first-order valence-corrected chi connectivity index (χ1v) is 7.31. The molecule has 4 rings (SSSR count). The van der Waals surface area contributed by atoms with Crippen molar-refractivity contribution >= 4 is 22.8 Å². The lowest BCUT2D eigenvalue weighted by Crippen LogP contribution is -2.59. The summed E-state index contributed by atoms with van der Waals surface area (Å²) in [7, 11) is 0. The third-order valence-electron chi connectivity index (χ3n) is 5.08. The summed E-state index contributed by atoms with van der Waals surface area (Å²) in [5.41, 5.74) is -0.493. The Bertz CT molecular complexity index is 454. The molecule has 2 atom stereocenters. The van der Waals surface area contributed by atoms with E-state index < -0.39 is 11.0 Å². The molecular weight excluding hydrogens is 264 g/mol. The van der Waals surface area contributed by atoms with Gasteiger partial charge in [0, 0.05) is 17.4 Å². The molecule has 0 radical (unpaired) electrons. The van der Waals surface area contributed by atoms with Crippen LogP contribution in [0.2, 0.25) is 0 Å². The maximum atomic E-state index is 11.9. The quantitative estimate of drug-likeness (QED) is 0.453. The second-order valence-electron chi connectivity index (χ2n) is 6.87. The Hall–Kier alpha value is -0.830. The van der Waals surface area contributed by atoms with Gasteiger partial charge < -0.3 is 4.74 Å². The van der Waals surface area contributed by atoms with Crippen LogP contribution in [0, 0.1) is 17.3 Å². The minimum Gasteiger partial charge on any atom is -0.456 e. The van der Waals surface area contributed by atoms with Gasteiger partial charge in [-0.05, 0) is 62.5 Å². The molecule has 4 saturated carbocycles. The lowest BCUT2D eigenvalue weighted by molar-refractivity contribution is -0.197. The van der Waals surface area contributed by atoms with Crippen molar-refractivity contribution in [3.05, 3.63) is 12.2 Å². The maximum Gasteiger partial charge on any atom is 0.333 e. The molecule has 3 nitrogen and oxygen atoms in total. The lowest BCUT2D eigenvalue weighted by atomic mass is 9.48. The van der Waals surface area contributed by atoms with Crippen molar-refractivity contribution in [3.63, 3.8) is 0 Å². The van der Waals surface area contributed by atoms with Crippen LogP contribution in [0.25, 0.3) is 0 Å². The van der Waals surface area contributed by atoms with Gasteiger partial charge in [0.1, 0.15) is 5.60 Å². The number of halogens is 1. The second-order valence-corrected chi connectivity index (χ2v) is 7.21. The highest BCUT2D eigenvalue weighted by molar-refractivity contribution is 6.64. The largest absolute Gasteiger partial charge is 0.456 e. The van der Waals surface area contributed by atoms with E-state index in [-0.39, 0.29) is 11.2 Å². The molecule has 0 aromatic rings. The van der Waals surface area contributed by atoms with E-state index in [0.717, 1.165) is 32.1 Å². The number of rotatable bonds is 3. The fourth-order valence-corrected chi connectivity index (χ4v) is 5.03. The number of esters is 1. The van der Waals surface area contributed by atoms with Gasteiger partial charge in [-0.15, -0.1) is 0 Å². The molecular formula is C15H19ClO3. The van der Waals surface area contributed by atoms with Crippen LogP contribution in [0.5, 0.6) is 0 Å². The summed E-state index contributed by atoms with van der Waals surface area (Å²) in [4.78, 5) is 23.7. The fraction of sp³-hybridized carbons (Fsp3) is 0.733. The van der Waals surface area contributed by atoms with Gasteiger partial charge in [-0.25, -0.2) is 4.79 Å². The number of ether oxygens (including phenoxy) is 1. The molecule has 4 aliphatic rings. The third-order valence-corrected chi connectivity index (χ3v) is 5.48. The molecule has 0 aromatic carbocycles. The summed E-state index contributed by atoms with van der Waals surface area (Å²) < 4.78 is 5.74. The van der Waals surface area contributed by atoms with Crippen molar-refractivity contribution < 1.29 is 14.3 Å². The standard InChI is InChI=1S/C15H19ClO3/c1-9(2)12(17)19-15-6-10-3-11(7-15)5-14(4-10,8-15)13(16)18/h10-11H,1,3-8H2,2H3. The normalized spacial score (nSPS) is 43.1. The SMILES string of the molecule is C=C(C)C(=O)OC12CC3CC(C1)CC(C(=O)Cl)(C3)C2. The summed E-state index contributed by atoms with van der Waals surface area (Å²) >= 11 is 5.86. The Balaban J connectivity index is 1.89. The van der Waals surface area contributed by atoms with Crippen LogP contribution >= 0.6 is 11.6 Å². The highest BCUT2D eigenvalue weighted by Gasteiger charge is 2.61. The highest BCUT2D eigenvalue weighted by Crippen LogP contribution is 2.63. The molecule has 4 heteroatoms. The Morgan fingerprint density at radius 1 is 1.21 bits per heavy atom. The van der Waals surface area contributed by atoms with E-state index in [1.54, 1.807) is 6.92 Å². The van der Waals surface area contributed by atoms with E-state index >= 15 is 0 Å².